The molecular weight excluding hydrogens is 797 g/mol. The van der Waals surface area contributed by atoms with Crippen molar-refractivity contribution in [2.45, 2.75) is 296 Å². The van der Waals surface area contributed by atoms with Crippen molar-refractivity contribution >= 4 is 17.9 Å². The summed E-state index contributed by atoms with van der Waals surface area (Å²) in [4.78, 5) is 38.2. The summed E-state index contributed by atoms with van der Waals surface area (Å²) in [6.45, 7) is 6.35. The van der Waals surface area contributed by atoms with Crippen LogP contribution >= 0.6 is 0 Å². The molecule has 0 fully saturated rings. The monoisotopic (exact) mass is 901 g/mol. The van der Waals surface area contributed by atoms with E-state index in [0.29, 0.717) is 12.8 Å². The third-order valence-corrected chi connectivity index (χ3v) is 12.2. The summed E-state index contributed by atoms with van der Waals surface area (Å²) in [5, 5.41) is 10.5. The first kappa shape index (κ1) is 61.6. The fourth-order valence-electron chi connectivity index (χ4n) is 7.92. The maximum absolute atomic E-state index is 12.8. The van der Waals surface area contributed by atoms with Crippen molar-refractivity contribution < 1.29 is 33.7 Å². The van der Waals surface area contributed by atoms with Gasteiger partial charge in [0.1, 0.15) is 13.2 Å². The number of unbranched alkanes of at least 4 members (excludes halogenated alkanes) is 32. The first-order valence-corrected chi connectivity index (χ1v) is 27.6. The van der Waals surface area contributed by atoms with E-state index >= 15 is 0 Å². The van der Waals surface area contributed by atoms with Crippen molar-refractivity contribution in [2.75, 3.05) is 13.2 Å². The predicted molar refractivity (Wildman–Crippen MR) is 272 cm³/mol. The maximum atomic E-state index is 12.8. The van der Waals surface area contributed by atoms with Crippen LogP contribution < -0.4 is 0 Å². The molecule has 0 spiro atoms. The second-order valence-corrected chi connectivity index (χ2v) is 18.6. The van der Waals surface area contributed by atoms with E-state index < -0.39 is 18.2 Å². The molecule has 0 aromatic carbocycles. The molecule has 0 amide bonds. The number of hydrogen-bond donors (Lipinski definition) is 1. The molecule has 2 atom stereocenters. The molecule has 2 unspecified atom stereocenters. The minimum Gasteiger partial charge on any atom is -0.462 e. The summed E-state index contributed by atoms with van der Waals surface area (Å²) in [5.74, 6) is -1.45. The molecule has 0 saturated heterocycles. The fraction of sp³-hybridized carbons (Fsp3) is 0.842. The SMILES string of the molecule is CCCCCCCC/C=C\CCCCCCCC(=O)OCC(COC(=O)C(O)CCCCCC/C=C\CCCCCCCC)OC(=O)CCCCCCC/C=C\CCCCCCCC. The quantitative estimate of drug-likeness (QED) is 0.0281. The molecule has 0 aromatic heterocycles. The van der Waals surface area contributed by atoms with Crippen LogP contribution in [0.2, 0.25) is 0 Å². The lowest BCUT2D eigenvalue weighted by molar-refractivity contribution is -0.170. The highest BCUT2D eigenvalue weighted by Crippen LogP contribution is 2.15. The van der Waals surface area contributed by atoms with E-state index in [1.165, 1.54) is 141 Å². The molecule has 0 saturated carbocycles. The fourth-order valence-corrected chi connectivity index (χ4v) is 7.92. The van der Waals surface area contributed by atoms with Crippen molar-refractivity contribution in [2.24, 2.45) is 0 Å². The van der Waals surface area contributed by atoms with Gasteiger partial charge in [-0.1, -0.05) is 211 Å². The van der Waals surface area contributed by atoms with Gasteiger partial charge in [0.25, 0.3) is 0 Å². The molecule has 1 N–H and O–H groups in total. The molecule has 0 rings (SSSR count). The first-order chi connectivity index (χ1) is 31.4. The van der Waals surface area contributed by atoms with Crippen LogP contribution in [0.1, 0.15) is 284 Å². The Labute approximate surface area is 396 Å². The third kappa shape index (κ3) is 47.5. The smallest absolute Gasteiger partial charge is 0.335 e. The molecule has 0 aliphatic carbocycles. The van der Waals surface area contributed by atoms with Crippen LogP contribution in [0.3, 0.4) is 0 Å². The van der Waals surface area contributed by atoms with Crippen LogP contribution in [0.25, 0.3) is 0 Å². The number of carbonyl (C=O) groups excluding carboxylic acids is 3. The summed E-state index contributed by atoms with van der Waals surface area (Å²) in [7, 11) is 0. The predicted octanol–water partition coefficient (Wildman–Crippen LogP) is 17.1. The molecular formula is C57H104O7. The number of ether oxygens (including phenoxy) is 3. The first-order valence-electron chi connectivity index (χ1n) is 27.6. The van der Waals surface area contributed by atoms with Gasteiger partial charge in [-0.2, -0.15) is 0 Å². The third-order valence-electron chi connectivity index (χ3n) is 12.2. The summed E-state index contributed by atoms with van der Waals surface area (Å²) < 4.78 is 16.6. The van der Waals surface area contributed by atoms with Crippen molar-refractivity contribution in [1.82, 2.24) is 0 Å². The molecule has 0 radical (unpaired) electrons. The molecule has 64 heavy (non-hydrogen) atoms. The van der Waals surface area contributed by atoms with Gasteiger partial charge in [-0.05, 0) is 96.3 Å². The molecule has 0 aliphatic rings. The Morgan fingerprint density at radius 3 is 1.05 bits per heavy atom. The molecule has 0 aliphatic heterocycles. The van der Waals surface area contributed by atoms with Gasteiger partial charge in [-0.3, -0.25) is 9.59 Å². The highest BCUT2D eigenvalue weighted by molar-refractivity contribution is 5.74. The summed E-state index contributed by atoms with van der Waals surface area (Å²) in [5.41, 5.74) is 0. The molecule has 7 heteroatoms. The normalized spacial score (nSPS) is 12.8. The van der Waals surface area contributed by atoms with Crippen LogP contribution in [0.15, 0.2) is 36.5 Å². The van der Waals surface area contributed by atoms with Gasteiger partial charge in [0, 0.05) is 12.8 Å². The van der Waals surface area contributed by atoms with Gasteiger partial charge in [-0.15, -0.1) is 0 Å². The van der Waals surface area contributed by atoms with Crippen LogP contribution in [0.5, 0.6) is 0 Å². The van der Waals surface area contributed by atoms with E-state index in [-0.39, 0.29) is 31.6 Å². The van der Waals surface area contributed by atoms with Gasteiger partial charge in [0.2, 0.25) is 0 Å². The van der Waals surface area contributed by atoms with E-state index in [1.807, 2.05) is 0 Å². The Kier molecular flexibility index (Phi) is 49.6. The molecule has 0 heterocycles. The second-order valence-electron chi connectivity index (χ2n) is 18.6. The Morgan fingerprint density at radius 1 is 0.375 bits per heavy atom. The summed E-state index contributed by atoms with van der Waals surface area (Å²) in [6.07, 6.45) is 57.5. The van der Waals surface area contributed by atoms with Crippen LogP contribution in [-0.4, -0.2) is 48.4 Å². The van der Waals surface area contributed by atoms with E-state index in [1.54, 1.807) is 0 Å². The minimum absolute atomic E-state index is 0.168. The van der Waals surface area contributed by atoms with E-state index in [2.05, 4.69) is 57.2 Å². The van der Waals surface area contributed by atoms with Crippen LogP contribution in [-0.2, 0) is 28.6 Å². The van der Waals surface area contributed by atoms with Crippen molar-refractivity contribution in [1.29, 1.82) is 0 Å². The average Bonchev–Trinajstić information content (AvgIpc) is 3.29. The van der Waals surface area contributed by atoms with Crippen molar-refractivity contribution in [3.63, 3.8) is 0 Å². The average molecular weight is 901 g/mol. The Hall–Kier alpha value is -2.41. The Balaban J connectivity index is 4.50. The molecule has 0 aromatic rings. The van der Waals surface area contributed by atoms with Gasteiger partial charge < -0.3 is 19.3 Å². The van der Waals surface area contributed by atoms with E-state index in [9.17, 15) is 19.5 Å². The minimum atomic E-state index is -1.23. The Bertz CT molecular complexity index is 1100. The van der Waals surface area contributed by atoms with Gasteiger partial charge in [0.05, 0.1) is 0 Å². The number of hydrogen-bond acceptors (Lipinski definition) is 7. The van der Waals surface area contributed by atoms with Crippen molar-refractivity contribution in [3.8, 4) is 0 Å². The van der Waals surface area contributed by atoms with E-state index in [0.717, 1.165) is 103 Å². The molecule has 7 nitrogen and oxygen atoms in total. The zero-order valence-electron chi connectivity index (χ0n) is 42.4. The van der Waals surface area contributed by atoms with Crippen molar-refractivity contribution in [3.05, 3.63) is 36.5 Å². The molecule has 374 valence electrons. The van der Waals surface area contributed by atoms with Gasteiger partial charge in [0.15, 0.2) is 12.2 Å². The lowest BCUT2D eigenvalue weighted by Gasteiger charge is -2.19. The zero-order valence-corrected chi connectivity index (χ0v) is 42.4. The summed E-state index contributed by atoms with van der Waals surface area (Å²) in [6, 6.07) is 0. The number of carbonyl (C=O) groups is 3. The number of aliphatic hydroxyl groups is 1. The maximum Gasteiger partial charge on any atom is 0.335 e. The number of esters is 3. The van der Waals surface area contributed by atoms with Gasteiger partial charge >= 0.3 is 17.9 Å². The molecule has 0 bridgehead atoms. The highest BCUT2D eigenvalue weighted by atomic mass is 16.6. The number of allylic oxidation sites excluding steroid dienone is 6. The number of aliphatic hydroxyl groups excluding tert-OH is 1. The largest absolute Gasteiger partial charge is 0.462 e. The van der Waals surface area contributed by atoms with Crippen LogP contribution in [0.4, 0.5) is 0 Å². The lowest BCUT2D eigenvalue weighted by Crippen LogP contribution is -2.33. The Morgan fingerprint density at radius 2 is 0.672 bits per heavy atom. The standard InChI is InChI=1S/C57H104O7/c1-4-7-10-13-16-19-22-25-28-31-34-37-40-43-46-49-55(59)62-51-53(64-56(60)50-47-44-41-38-35-32-29-26-23-20-17-14-11-8-5-2)52-63-57(61)54(58)48-45-42-39-36-33-30-27-24-21-18-15-12-9-6-3/h25-30,53-54,58H,4-24,31-52H2,1-3H3/b28-25-,29-26-,30-27-. The summed E-state index contributed by atoms with van der Waals surface area (Å²) >= 11 is 0. The highest BCUT2D eigenvalue weighted by Gasteiger charge is 2.22. The van der Waals surface area contributed by atoms with Crippen LogP contribution in [0, 0.1) is 0 Å². The lowest BCUT2D eigenvalue weighted by atomic mass is 10.1. The van der Waals surface area contributed by atoms with E-state index in [4.69, 9.17) is 14.2 Å². The second kappa shape index (κ2) is 51.6. The van der Waals surface area contributed by atoms with Gasteiger partial charge in [-0.25, -0.2) is 4.79 Å². The zero-order chi connectivity index (χ0) is 46.7. The topological polar surface area (TPSA) is 99.1 Å². The number of rotatable bonds is 50.